The lowest BCUT2D eigenvalue weighted by molar-refractivity contribution is 0.350. The van der Waals surface area contributed by atoms with Crippen molar-refractivity contribution in [1.29, 1.82) is 0 Å². The number of ether oxygens (including phenoxy) is 1. The van der Waals surface area contributed by atoms with Crippen LogP contribution in [0.15, 0.2) is 48.5 Å². The number of rotatable bonds is 7. The fourth-order valence-corrected chi connectivity index (χ4v) is 2.41. The third-order valence-electron chi connectivity index (χ3n) is 4.12. The van der Waals surface area contributed by atoms with Gasteiger partial charge in [-0.1, -0.05) is 80.3 Å². The number of methoxy groups -OCH3 is 1. The predicted molar refractivity (Wildman–Crippen MR) is 148 cm³/mol. The molecule has 0 aromatic heterocycles. The fourth-order valence-electron chi connectivity index (χ4n) is 2.41. The van der Waals surface area contributed by atoms with Crippen molar-refractivity contribution in [3.8, 4) is 17.6 Å². The molecular formula is C29H50N2O3. The first-order chi connectivity index (χ1) is 16.4. The highest BCUT2D eigenvalue weighted by Crippen LogP contribution is 2.19. The predicted octanol–water partition coefficient (Wildman–Crippen LogP) is 4.75. The first-order valence-corrected chi connectivity index (χ1v) is 11.9. The molecule has 5 heteroatoms. The first-order valence-electron chi connectivity index (χ1n) is 11.9. The van der Waals surface area contributed by atoms with E-state index in [4.69, 9.17) is 20.7 Å². The van der Waals surface area contributed by atoms with E-state index in [0.29, 0.717) is 0 Å². The van der Waals surface area contributed by atoms with Crippen molar-refractivity contribution < 1.29 is 14.9 Å². The zero-order valence-corrected chi connectivity index (χ0v) is 22.8. The highest BCUT2D eigenvalue weighted by atomic mass is 16.5. The highest BCUT2D eigenvalue weighted by Gasteiger charge is 1.98. The van der Waals surface area contributed by atoms with Crippen molar-refractivity contribution in [3.05, 3.63) is 65.2 Å². The Morgan fingerprint density at radius 3 is 2.00 bits per heavy atom. The quantitative estimate of drug-likeness (QED) is 0.343. The topological polar surface area (TPSA) is 87.7 Å². The van der Waals surface area contributed by atoms with Gasteiger partial charge in [-0.25, -0.2) is 0 Å². The van der Waals surface area contributed by atoms with E-state index in [1.807, 2.05) is 24.3 Å². The van der Waals surface area contributed by atoms with Crippen molar-refractivity contribution in [2.45, 2.75) is 54.4 Å². The number of benzene rings is 2. The minimum Gasteiger partial charge on any atom is -0.496 e. The molecule has 5 nitrogen and oxygen atoms in total. The third kappa shape index (κ3) is 25.9. The monoisotopic (exact) mass is 474 g/mol. The number of nitrogens with one attached hydrogen (secondary N) is 1. The maximum atomic E-state index is 7.89. The van der Waals surface area contributed by atoms with Crippen LogP contribution < -0.4 is 15.8 Å². The van der Waals surface area contributed by atoms with Crippen LogP contribution in [0.4, 0.5) is 0 Å². The van der Waals surface area contributed by atoms with Gasteiger partial charge in [-0.3, -0.25) is 0 Å². The number of hydrogen-bond donors (Lipinski definition) is 4. The van der Waals surface area contributed by atoms with E-state index in [0.717, 1.165) is 51.3 Å². The Hall–Kier alpha value is -2.36. The number of aliphatic hydroxyl groups excluding tert-OH is 2. The zero-order valence-electron chi connectivity index (χ0n) is 22.8. The molecule has 0 amide bonds. The summed E-state index contributed by atoms with van der Waals surface area (Å²) in [5, 5.41) is 18.2. The van der Waals surface area contributed by atoms with Crippen LogP contribution in [0.3, 0.4) is 0 Å². The standard InChI is InChI=1S/C10H14O.C7H18N2.C7H8.C4H6O.CH4O/c1-4-9-7-8(2)5-6-10(9)11-3;1-7(2)6-9-5-3-4-8;1-7-5-3-2-4-6-7;1-2-3-4-5;1-2/h5-7H,4H2,1-3H3;7,9H,3-6,8H2,1-2H3;2-6H,1H3;5H,4H2,1H3;2H,1H3. The summed E-state index contributed by atoms with van der Waals surface area (Å²) in [6.45, 7) is 15.4. The first kappa shape index (κ1) is 36.2. The van der Waals surface area contributed by atoms with Crippen LogP contribution in [-0.2, 0) is 6.42 Å². The van der Waals surface area contributed by atoms with E-state index >= 15 is 0 Å². The van der Waals surface area contributed by atoms with Crippen LogP contribution in [0.5, 0.6) is 5.75 Å². The van der Waals surface area contributed by atoms with Gasteiger partial charge in [0.05, 0.1) is 7.11 Å². The molecule has 0 heterocycles. The van der Waals surface area contributed by atoms with Crippen molar-refractivity contribution in [3.63, 3.8) is 0 Å². The Bertz CT molecular complexity index is 723. The summed E-state index contributed by atoms with van der Waals surface area (Å²) in [7, 11) is 2.71. The van der Waals surface area contributed by atoms with Gasteiger partial charge in [0.2, 0.25) is 0 Å². The van der Waals surface area contributed by atoms with E-state index in [1.54, 1.807) is 14.0 Å². The van der Waals surface area contributed by atoms with Crippen molar-refractivity contribution >= 4 is 0 Å². The minimum absolute atomic E-state index is 0.0174. The van der Waals surface area contributed by atoms with Gasteiger partial charge in [0.25, 0.3) is 0 Å². The Morgan fingerprint density at radius 1 is 1.03 bits per heavy atom. The molecule has 5 N–H and O–H groups in total. The largest absolute Gasteiger partial charge is 0.496 e. The second-order valence-electron chi connectivity index (χ2n) is 7.65. The molecule has 0 saturated carbocycles. The zero-order chi connectivity index (χ0) is 26.6. The second kappa shape index (κ2) is 28.7. The van der Waals surface area contributed by atoms with Gasteiger partial charge in [0, 0.05) is 7.11 Å². The van der Waals surface area contributed by atoms with Gasteiger partial charge >= 0.3 is 0 Å². The maximum absolute atomic E-state index is 7.89. The van der Waals surface area contributed by atoms with Gasteiger partial charge in [-0.2, -0.15) is 0 Å². The molecule has 34 heavy (non-hydrogen) atoms. The summed E-state index contributed by atoms with van der Waals surface area (Å²) in [5.74, 6) is 6.68. The van der Waals surface area contributed by atoms with Gasteiger partial charge in [-0.15, -0.1) is 5.92 Å². The molecule has 0 aliphatic carbocycles. The van der Waals surface area contributed by atoms with E-state index in [9.17, 15) is 0 Å². The summed E-state index contributed by atoms with van der Waals surface area (Å²) >= 11 is 0. The smallest absolute Gasteiger partial charge is 0.122 e. The lowest BCUT2D eigenvalue weighted by Crippen LogP contribution is -2.22. The summed E-state index contributed by atoms with van der Waals surface area (Å²) in [6.07, 6.45) is 2.12. The molecule has 0 bridgehead atoms. The molecule has 0 aliphatic heterocycles. The summed E-state index contributed by atoms with van der Waals surface area (Å²) < 4.78 is 5.19. The molecule has 0 atom stereocenters. The molecule has 0 radical (unpaired) electrons. The van der Waals surface area contributed by atoms with Crippen LogP contribution in [-0.4, -0.2) is 50.7 Å². The lowest BCUT2D eigenvalue weighted by atomic mass is 10.1. The molecule has 0 unspecified atom stereocenters. The average molecular weight is 475 g/mol. The number of aryl methyl sites for hydroxylation is 3. The van der Waals surface area contributed by atoms with Crippen LogP contribution in [0.25, 0.3) is 0 Å². The van der Waals surface area contributed by atoms with Crippen molar-refractivity contribution in [2.75, 3.05) is 40.5 Å². The maximum Gasteiger partial charge on any atom is 0.122 e. The summed E-state index contributed by atoms with van der Waals surface area (Å²) in [6, 6.07) is 16.5. The van der Waals surface area contributed by atoms with Crippen LogP contribution in [0, 0.1) is 31.6 Å². The Morgan fingerprint density at radius 2 is 1.65 bits per heavy atom. The summed E-state index contributed by atoms with van der Waals surface area (Å²) in [5.41, 5.74) is 9.21. The van der Waals surface area contributed by atoms with Gasteiger partial charge in [0.1, 0.15) is 12.4 Å². The number of nitrogens with two attached hydrogens (primary N) is 1. The Kier molecular flexibility index (Phi) is 30.5. The molecule has 2 rings (SSSR count). The second-order valence-corrected chi connectivity index (χ2v) is 7.65. The van der Waals surface area contributed by atoms with Gasteiger partial charge < -0.3 is 26.0 Å². The van der Waals surface area contributed by atoms with E-state index in [-0.39, 0.29) is 6.61 Å². The normalized spacial score (nSPS) is 8.71. The fraction of sp³-hybridized carbons (Fsp3) is 0.517. The van der Waals surface area contributed by atoms with Gasteiger partial charge in [0.15, 0.2) is 0 Å². The molecule has 0 saturated heterocycles. The summed E-state index contributed by atoms with van der Waals surface area (Å²) in [4.78, 5) is 0. The lowest BCUT2D eigenvalue weighted by Gasteiger charge is -2.06. The van der Waals surface area contributed by atoms with E-state index in [1.165, 1.54) is 16.7 Å². The van der Waals surface area contributed by atoms with Crippen molar-refractivity contribution in [2.24, 2.45) is 11.7 Å². The van der Waals surface area contributed by atoms with E-state index < -0.39 is 0 Å². The molecule has 2 aromatic rings. The average Bonchev–Trinajstić information content (AvgIpc) is 2.85. The molecule has 0 aliphatic rings. The molecule has 0 spiro atoms. The molecular weight excluding hydrogens is 424 g/mol. The number of aliphatic hydroxyl groups is 2. The highest BCUT2D eigenvalue weighted by molar-refractivity contribution is 5.36. The van der Waals surface area contributed by atoms with Crippen molar-refractivity contribution in [1.82, 2.24) is 5.32 Å². The molecule has 194 valence electrons. The third-order valence-corrected chi connectivity index (χ3v) is 4.12. The van der Waals surface area contributed by atoms with Crippen LogP contribution in [0.2, 0.25) is 0 Å². The molecule has 0 fully saturated rings. The number of hydrogen-bond acceptors (Lipinski definition) is 5. The SMILES string of the molecule is CC#CCO.CC(C)CNCCCN.CCc1cc(C)ccc1OC.CO.Cc1ccccc1. The Labute approximate surface area is 209 Å². The Balaban J connectivity index is -0.000000380. The van der Waals surface area contributed by atoms with Crippen LogP contribution >= 0.6 is 0 Å². The van der Waals surface area contributed by atoms with E-state index in [2.05, 4.69) is 76.0 Å². The minimum atomic E-state index is -0.0174. The van der Waals surface area contributed by atoms with Gasteiger partial charge in [-0.05, 0) is 70.8 Å². The van der Waals surface area contributed by atoms with Crippen LogP contribution in [0.1, 0.15) is 50.8 Å². The molecule has 2 aromatic carbocycles.